The molecule has 3 fully saturated rings. The number of halogens is 5. The number of Topliss-reactive ketones (excluding diaryl/α,β-unsaturated/α-hetero) is 1. The summed E-state index contributed by atoms with van der Waals surface area (Å²) in [4.78, 5) is 36.4. The molecule has 2 unspecified atom stereocenters. The fourth-order valence-electron chi connectivity index (χ4n) is 7.02. The van der Waals surface area contributed by atoms with Gasteiger partial charge in [-0.1, -0.05) is 57.0 Å². The monoisotopic (exact) mass is 542 g/mol. The van der Waals surface area contributed by atoms with Crippen LogP contribution in [0.2, 0.25) is 0 Å². The molecule has 3 aliphatic rings. The van der Waals surface area contributed by atoms with Gasteiger partial charge in [-0.2, -0.15) is 13.2 Å². The molecule has 0 spiro atoms. The Labute approximate surface area is 212 Å². The summed E-state index contributed by atoms with van der Waals surface area (Å²) in [6, 6.07) is 0. The standard InChI is InChI=1S/C24H31Cl2F3O6/c1-6-21(4)10-14(30)22(5)11(2)7-8-23(12(3)17(21)35-20(33)24(27,28)29)9-13(15(31)16(22)23)34-19(32)18(25)26/h6,11-14,16-18,30H,1,7-10H2,2-5H3/t11?,12-,13-,14+,16?,17-,21+,22-,23-/m0/s1. The Bertz CT molecular complexity index is 910. The summed E-state index contributed by atoms with van der Waals surface area (Å²) in [6.07, 6.45) is -6.66. The van der Waals surface area contributed by atoms with Crippen molar-refractivity contribution in [1.82, 2.24) is 0 Å². The van der Waals surface area contributed by atoms with E-state index >= 15 is 0 Å². The number of hydrogen-bond acceptors (Lipinski definition) is 6. The zero-order valence-electron chi connectivity index (χ0n) is 20.0. The van der Waals surface area contributed by atoms with Crippen LogP contribution in [-0.2, 0) is 23.9 Å². The molecule has 0 aromatic heterocycles. The molecule has 0 amide bonds. The lowest BCUT2D eigenvalue weighted by Crippen LogP contribution is -2.63. The van der Waals surface area contributed by atoms with Gasteiger partial charge in [0.1, 0.15) is 6.10 Å². The number of alkyl halides is 5. The normalized spacial score (nSPS) is 43.7. The minimum atomic E-state index is -5.23. The summed E-state index contributed by atoms with van der Waals surface area (Å²) < 4.78 is 50.1. The van der Waals surface area contributed by atoms with E-state index in [1.54, 1.807) is 20.8 Å². The summed E-state index contributed by atoms with van der Waals surface area (Å²) in [5.41, 5.74) is -3.22. The maximum Gasteiger partial charge on any atom is 0.490 e. The highest BCUT2D eigenvalue weighted by Gasteiger charge is 2.71. The van der Waals surface area contributed by atoms with Gasteiger partial charge in [-0.05, 0) is 37.0 Å². The molecule has 6 nitrogen and oxygen atoms in total. The van der Waals surface area contributed by atoms with Crippen LogP contribution >= 0.6 is 23.2 Å². The lowest BCUT2D eigenvalue weighted by atomic mass is 9.44. The minimum Gasteiger partial charge on any atom is -0.454 e. The van der Waals surface area contributed by atoms with Crippen molar-refractivity contribution < 1.29 is 42.1 Å². The van der Waals surface area contributed by atoms with Gasteiger partial charge in [-0.3, -0.25) is 4.79 Å². The maximum atomic E-state index is 13.7. The Balaban J connectivity index is 2.19. The molecule has 9 atom stereocenters. The van der Waals surface area contributed by atoms with Crippen molar-refractivity contribution in [1.29, 1.82) is 0 Å². The second kappa shape index (κ2) is 9.21. The SMILES string of the molecule is C=C[C@]1(C)C[C@@H](O)[C@]2(C)C(C)CC[C@]3(C[C@H](OC(=O)C(Cl)Cl)C(=O)C32)[C@@H](C)[C@@H]1OC(=O)C(F)(F)F. The Kier molecular flexibility index (Phi) is 7.43. The van der Waals surface area contributed by atoms with Crippen LogP contribution in [0.4, 0.5) is 13.2 Å². The molecule has 3 saturated carbocycles. The van der Waals surface area contributed by atoms with E-state index in [4.69, 9.17) is 32.7 Å². The number of aliphatic hydroxyl groups excluding tert-OH is 1. The maximum absolute atomic E-state index is 13.7. The predicted octanol–water partition coefficient (Wildman–Crippen LogP) is 4.78. The number of aliphatic hydroxyl groups is 1. The Morgan fingerprint density at radius 3 is 2.31 bits per heavy atom. The molecule has 3 aliphatic carbocycles. The van der Waals surface area contributed by atoms with Crippen molar-refractivity contribution in [3.05, 3.63) is 12.7 Å². The van der Waals surface area contributed by atoms with E-state index in [0.717, 1.165) is 0 Å². The smallest absolute Gasteiger partial charge is 0.454 e. The fourth-order valence-corrected chi connectivity index (χ4v) is 7.12. The number of ether oxygens (including phenoxy) is 2. The highest BCUT2D eigenvalue weighted by molar-refractivity contribution is 6.53. The lowest BCUT2D eigenvalue weighted by Gasteiger charge is -2.61. The zero-order chi connectivity index (χ0) is 26.7. The molecule has 0 heterocycles. The quantitative estimate of drug-likeness (QED) is 0.312. The number of hydrogen-bond donors (Lipinski definition) is 1. The molecule has 0 aliphatic heterocycles. The van der Waals surface area contributed by atoms with Crippen LogP contribution in [0.15, 0.2) is 12.7 Å². The van der Waals surface area contributed by atoms with Crippen LogP contribution in [0.3, 0.4) is 0 Å². The van der Waals surface area contributed by atoms with E-state index < -0.39 is 75.1 Å². The molecule has 0 aromatic rings. The van der Waals surface area contributed by atoms with Crippen LogP contribution in [0.1, 0.15) is 53.4 Å². The Hall–Kier alpha value is -1.32. The average Bonchev–Trinajstić information content (AvgIpc) is 3.05. The number of esters is 2. The number of rotatable bonds is 4. The topological polar surface area (TPSA) is 89.9 Å². The molecule has 35 heavy (non-hydrogen) atoms. The van der Waals surface area contributed by atoms with Crippen LogP contribution in [0.25, 0.3) is 0 Å². The zero-order valence-corrected chi connectivity index (χ0v) is 21.5. The second-order valence-corrected chi connectivity index (χ2v) is 11.9. The first-order valence-corrected chi connectivity index (χ1v) is 12.4. The molecular weight excluding hydrogens is 512 g/mol. The summed E-state index contributed by atoms with van der Waals surface area (Å²) >= 11 is 11.2. The van der Waals surface area contributed by atoms with Gasteiger partial charge < -0.3 is 14.6 Å². The Morgan fingerprint density at radius 1 is 1.20 bits per heavy atom. The van der Waals surface area contributed by atoms with Crippen molar-refractivity contribution in [3.63, 3.8) is 0 Å². The van der Waals surface area contributed by atoms with Crippen LogP contribution in [-0.4, -0.2) is 52.2 Å². The highest BCUT2D eigenvalue weighted by Crippen LogP contribution is 2.68. The van der Waals surface area contributed by atoms with Gasteiger partial charge in [0.25, 0.3) is 0 Å². The summed E-state index contributed by atoms with van der Waals surface area (Å²) in [7, 11) is 0. The van der Waals surface area contributed by atoms with E-state index in [1.165, 1.54) is 6.08 Å². The molecule has 1 N–H and O–H groups in total. The molecular formula is C24H31Cl2F3O6. The van der Waals surface area contributed by atoms with Gasteiger partial charge in [0.2, 0.25) is 4.84 Å². The fraction of sp³-hybridized carbons (Fsp3) is 0.792. The number of carbonyl (C=O) groups excluding carboxylic acids is 3. The van der Waals surface area contributed by atoms with E-state index in [9.17, 15) is 32.7 Å². The molecule has 11 heteroatoms. The summed E-state index contributed by atoms with van der Waals surface area (Å²) in [5.74, 6) is -5.54. The molecule has 0 radical (unpaired) electrons. The third-order valence-corrected chi connectivity index (χ3v) is 9.56. The largest absolute Gasteiger partial charge is 0.490 e. The first-order chi connectivity index (χ1) is 16.0. The van der Waals surface area contributed by atoms with Gasteiger partial charge in [-0.15, -0.1) is 6.58 Å². The number of ketones is 1. The summed E-state index contributed by atoms with van der Waals surface area (Å²) in [6.45, 7) is 10.7. The third kappa shape index (κ3) is 4.39. The van der Waals surface area contributed by atoms with Crippen LogP contribution < -0.4 is 0 Å². The van der Waals surface area contributed by atoms with Crippen molar-refractivity contribution in [2.45, 2.75) is 82.7 Å². The van der Waals surface area contributed by atoms with Gasteiger partial charge in [0.05, 0.1) is 6.10 Å². The first kappa shape index (κ1) is 28.3. The first-order valence-electron chi connectivity index (χ1n) is 11.6. The van der Waals surface area contributed by atoms with E-state index in [1.807, 2.05) is 6.92 Å². The van der Waals surface area contributed by atoms with Crippen LogP contribution in [0.5, 0.6) is 0 Å². The molecule has 198 valence electrons. The Morgan fingerprint density at radius 2 is 1.80 bits per heavy atom. The van der Waals surface area contributed by atoms with Gasteiger partial charge >= 0.3 is 18.1 Å². The lowest BCUT2D eigenvalue weighted by molar-refractivity contribution is -0.229. The highest BCUT2D eigenvalue weighted by atomic mass is 35.5. The molecule has 2 bridgehead atoms. The van der Waals surface area contributed by atoms with Crippen molar-refractivity contribution in [3.8, 4) is 0 Å². The third-order valence-electron chi connectivity index (χ3n) is 9.20. The van der Waals surface area contributed by atoms with E-state index in [2.05, 4.69) is 6.58 Å². The predicted molar refractivity (Wildman–Crippen MR) is 121 cm³/mol. The van der Waals surface area contributed by atoms with Gasteiger partial charge in [0, 0.05) is 22.7 Å². The van der Waals surface area contributed by atoms with Crippen molar-refractivity contribution >= 4 is 40.9 Å². The van der Waals surface area contributed by atoms with Crippen molar-refractivity contribution in [2.75, 3.05) is 0 Å². The van der Waals surface area contributed by atoms with Crippen molar-refractivity contribution in [2.24, 2.45) is 34.0 Å². The minimum absolute atomic E-state index is 0.00771. The number of carbonyl (C=O) groups is 3. The van der Waals surface area contributed by atoms with E-state index in [-0.39, 0.29) is 18.8 Å². The molecule has 3 rings (SSSR count). The summed E-state index contributed by atoms with van der Waals surface area (Å²) in [5, 5.41) is 11.5. The second-order valence-electron chi connectivity index (χ2n) is 10.8. The van der Waals surface area contributed by atoms with Crippen LogP contribution in [0, 0.1) is 34.0 Å². The average molecular weight is 543 g/mol. The molecule has 0 saturated heterocycles. The van der Waals surface area contributed by atoms with E-state index in [0.29, 0.717) is 12.8 Å². The van der Waals surface area contributed by atoms with Gasteiger partial charge in [0.15, 0.2) is 11.9 Å². The molecule has 0 aromatic carbocycles. The van der Waals surface area contributed by atoms with Gasteiger partial charge in [-0.25, -0.2) is 9.59 Å².